The van der Waals surface area contributed by atoms with Crippen LogP contribution in [0.2, 0.25) is 0 Å². The molecule has 0 spiro atoms. The van der Waals surface area contributed by atoms with Gasteiger partial charge in [0, 0.05) is 13.2 Å². The second-order valence-corrected chi connectivity index (χ2v) is 4.77. The Labute approximate surface area is 97.3 Å². The number of hydrogen-bond donors (Lipinski definition) is 1. The predicted molar refractivity (Wildman–Crippen MR) is 64.4 cm³/mol. The highest BCUT2D eigenvalue weighted by molar-refractivity contribution is 5.34. The van der Waals surface area contributed by atoms with Crippen LogP contribution in [0.3, 0.4) is 0 Å². The number of benzene rings is 1. The number of hydrogen-bond acceptors (Lipinski definition) is 2. The van der Waals surface area contributed by atoms with Gasteiger partial charge in [-0.25, -0.2) is 0 Å². The SMILES string of the molecule is Cc1cccc(C(O)CC2CCOC2)c1C. The lowest BCUT2D eigenvalue weighted by atomic mass is 9.92. The Morgan fingerprint density at radius 3 is 2.94 bits per heavy atom. The number of ether oxygens (including phenoxy) is 1. The fourth-order valence-corrected chi connectivity index (χ4v) is 2.35. The normalized spacial score (nSPS) is 22.3. The van der Waals surface area contributed by atoms with E-state index in [4.69, 9.17) is 4.74 Å². The zero-order valence-electron chi connectivity index (χ0n) is 10.1. The second kappa shape index (κ2) is 4.98. The van der Waals surface area contributed by atoms with Crippen LogP contribution in [0.1, 0.15) is 35.6 Å². The lowest BCUT2D eigenvalue weighted by Gasteiger charge is -2.17. The van der Waals surface area contributed by atoms with Crippen molar-refractivity contribution in [2.24, 2.45) is 5.92 Å². The maximum Gasteiger partial charge on any atom is 0.0796 e. The van der Waals surface area contributed by atoms with Crippen LogP contribution in [-0.2, 0) is 4.74 Å². The Bertz CT molecular complexity index is 354. The van der Waals surface area contributed by atoms with Gasteiger partial charge < -0.3 is 9.84 Å². The standard InChI is InChI=1S/C14H20O2/c1-10-4-3-5-13(11(10)2)14(15)8-12-6-7-16-9-12/h3-5,12,14-15H,6-9H2,1-2H3. The molecule has 0 bridgehead atoms. The molecule has 0 amide bonds. The van der Waals surface area contributed by atoms with Gasteiger partial charge in [-0.15, -0.1) is 0 Å². The third-order valence-electron chi connectivity index (χ3n) is 3.59. The predicted octanol–water partition coefficient (Wildman–Crippen LogP) is 2.76. The third-order valence-corrected chi connectivity index (χ3v) is 3.59. The van der Waals surface area contributed by atoms with Gasteiger partial charge in [-0.1, -0.05) is 18.2 Å². The summed E-state index contributed by atoms with van der Waals surface area (Å²) < 4.78 is 5.34. The van der Waals surface area contributed by atoms with Crippen LogP contribution in [0, 0.1) is 19.8 Å². The largest absolute Gasteiger partial charge is 0.388 e. The fourth-order valence-electron chi connectivity index (χ4n) is 2.35. The highest BCUT2D eigenvalue weighted by Gasteiger charge is 2.21. The minimum atomic E-state index is -0.341. The average Bonchev–Trinajstić information content (AvgIpc) is 2.74. The van der Waals surface area contributed by atoms with E-state index in [2.05, 4.69) is 19.9 Å². The number of aryl methyl sites for hydroxylation is 1. The van der Waals surface area contributed by atoms with Crippen LogP contribution in [0.5, 0.6) is 0 Å². The minimum absolute atomic E-state index is 0.341. The lowest BCUT2D eigenvalue weighted by molar-refractivity contribution is 0.129. The van der Waals surface area contributed by atoms with Crippen LogP contribution < -0.4 is 0 Å². The van der Waals surface area contributed by atoms with E-state index in [9.17, 15) is 5.11 Å². The summed E-state index contributed by atoms with van der Waals surface area (Å²) in [5.41, 5.74) is 3.54. The molecule has 2 nitrogen and oxygen atoms in total. The molecule has 0 aromatic heterocycles. The molecule has 2 atom stereocenters. The maximum atomic E-state index is 10.2. The van der Waals surface area contributed by atoms with E-state index in [0.29, 0.717) is 5.92 Å². The molecule has 1 aromatic rings. The molecule has 16 heavy (non-hydrogen) atoms. The number of aliphatic hydroxyl groups is 1. The average molecular weight is 220 g/mol. The van der Waals surface area contributed by atoms with Crippen LogP contribution in [0.4, 0.5) is 0 Å². The molecular weight excluding hydrogens is 200 g/mol. The van der Waals surface area contributed by atoms with Crippen molar-refractivity contribution in [3.05, 3.63) is 34.9 Å². The summed E-state index contributed by atoms with van der Waals surface area (Å²) in [4.78, 5) is 0. The van der Waals surface area contributed by atoms with Crippen molar-refractivity contribution >= 4 is 0 Å². The van der Waals surface area contributed by atoms with Gasteiger partial charge in [-0.3, -0.25) is 0 Å². The molecule has 1 aliphatic heterocycles. The van der Waals surface area contributed by atoms with Crippen LogP contribution >= 0.6 is 0 Å². The summed E-state index contributed by atoms with van der Waals surface area (Å²) in [6.45, 7) is 5.83. The highest BCUT2D eigenvalue weighted by Crippen LogP contribution is 2.28. The highest BCUT2D eigenvalue weighted by atomic mass is 16.5. The van der Waals surface area contributed by atoms with E-state index in [1.807, 2.05) is 12.1 Å². The van der Waals surface area contributed by atoms with Crippen molar-refractivity contribution in [3.8, 4) is 0 Å². The van der Waals surface area contributed by atoms with Crippen molar-refractivity contribution in [2.45, 2.75) is 32.8 Å². The molecule has 2 unspecified atom stereocenters. The Morgan fingerprint density at radius 1 is 1.44 bits per heavy atom. The second-order valence-electron chi connectivity index (χ2n) is 4.77. The monoisotopic (exact) mass is 220 g/mol. The molecule has 2 heteroatoms. The first-order valence-corrected chi connectivity index (χ1v) is 6.00. The summed E-state index contributed by atoms with van der Waals surface area (Å²) in [5, 5.41) is 10.2. The maximum absolute atomic E-state index is 10.2. The van der Waals surface area contributed by atoms with E-state index >= 15 is 0 Å². The summed E-state index contributed by atoms with van der Waals surface area (Å²) in [6, 6.07) is 6.14. The van der Waals surface area contributed by atoms with Gasteiger partial charge >= 0.3 is 0 Å². The number of aliphatic hydroxyl groups excluding tert-OH is 1. The van der Waals surface area contributed by atoms with Gasteiger partial charge in [0.2, 0.25) is 0 Å². The van der Waals surface area contributed by atoms with Crippen molar-refractivity contribution in [2.75, 3.05) is 13.2 Å². The first kappa shape index (κ1) is 11.6. The minimum Gasteiger partial charge on any atom is -0.388 e. The van der Waals surface area contributed by atoms with Gasteiger partial charge in [0.05, 0.1) is 6.10 Å². The summed E-state index contributed by atoms with van der Waals surface area (Å²) in [5.74, 6) is 0.523. The Balaban J connectivity index is 2.07. The smallest absolute Gasteiger partial charge is 0.0796 e. The van der Waals surface area contributed by atoms with Crippen molar-refractivity contribution in [3.63, 3.8) is 0 Å². The first-order chi connectivity index (χ1) is 7.68. The zero-order chi connectivity index (χ0) is 11.5. The summed E-state index contributed by atoms with van der Waals surface area (Å²) in [6.07, 6.45) is 1.57. The van der Waals surface area contributed by atoms with Crippen LogP contribution in [-0.4, -0.2) is 18.3 Å². The molecule has 0 radical (unpaired) electrons. The first-order valence-electron chi connectivity index (χ1n) is 6.00. The molecule has 88 valence electrons. The van der Waals surface area contributed by atoms with Crippen molar-refractivity contribution in [1.29, 1.82) is 0 Å². The van der Waals surface area contributed by atoms with Gasteiger partial charge in [-0.2, -0.15) is 0 Å². The lowest BCUT2D eigenvalue weighted by Crippen LogP contribution is -2.09. The Morgan fingerprint density at radius 2 is 2.25 bits per heavy atom. The van der Waals surface area contributed by atoms with E-state index < -0.39 is 0 Å². The van der Waals surface area contributed by atoms with Gasteiger partial charge in [-0.05, 0) is 49.3 Å². The van der Waals surface area contributed by atoms with Crippen LogP contribution in [0.15, 0.2) is 18.2 Å². The van der Waals surface area contributed by atoms with E-state index in [1.165, 1.54) is 11.1 Å². The van der Waals surface area contributed by atoms with Crippen LogP contribution in [0.25, 0.3) is 0 Å². The van der Waals surface area contributed by atoms with Gasteiger partial charge in [0.15, 0.2) is 0 Å². The quantitative estimate of drug-likeness (QED) is 0.848. The molecule has 2 rings (SSSR count). The van der Waals surface area contributed by atoms with E-state index in [1.54, 1.807) is 0 Å². The summed E-state index contributed by atoms with van der Waals surface area (Å²) in [7, 11) is 0. The molecule has 1 fully saturated rings. The molecule has 1 heterocycles. The molecule has 0 aliphatic carbocycles. The summed E-state index contributed by atoms with van der Waals surface area (Å²) >= 11 is 0. The topological polar surface area (TPSA) is 29.5 Å². The fraction of sp³-hybridized carbons (Fsp3) is 0.571. The van der Waals surface area contributed by atoms with E-state index in [0.717, 1.165) is 31.6 Å². The number of rotatable bonds is 3. The Hall–Kier alpha value is -0.860. The molecular formula is C14H20O2. The molecule has 1 aliphatic rings. The van der Waals surface area contributed by atoms with Crippen molar-refractivity contribution < 1.29 is 9.84 Å². The zero-order valence-corrected chi connectivity index (χ0v) is 10.1. The van der Waals surface area contributed by atoms with Gasteiger partial charge in [0.25, 0.3) is 0 Å². The van der Waals surface area contributed by atoms with Crippen molar-refractivity contribution in [1.82, 2.24) is 0 Å². The third kappa shape index (κ3) is 2.45. The van der Waals surface area contributed by atoms with Gasteiger partial charge in [0.1, 0.15) is 0 Å². The molecule has 1 N–H and O–H groups in total. The Kier molecular flexibility index (Phi) is 3.62. The molecule has 1 aromatic carbocycles. The molecule has 0 saturated carbocycles. The molecule has 1 saturated heterocycles. The van der Waals surface area contributed by atoms with E-state index in [-0.39, 0.29) is 6.10 Å².